The number of para-hydroxylation sites is 1. The van der Waals surface area contributed by atoms with E-state index in [1.54, 1.807) is 24.4 Å². The number of fused-ring (bicyclic) bond motifs is 2. The first-order valence-electron chi connectivity index (χ1n) is 10.9. The van der Waals surface area contributed by atoms with Crippen LogP contribution in [-0.2, 0) is 26.0 Å². The minimum atomic E-state index is -4.04. The predicted octanol–water partition coefficient (Wildman–Crippen LogP) is 2.48. The number of nitrogens with one attached hydrogen (secondary N) is 3. The van der Waals surface area contributed by atoms with Gasteiger partial charge in [0.05, 0.1) is 11.4 Å². The smallest absolute Gasteiger partial charge is 0.326 e. The summed E-state index contributed by atoms with van der Waals surface area (Å²) in [6, 6.07) is 16.5. The zero-order valence-electron chi connectivity index (χ0n) is 19.3. The van der Waals surface area contributed by atoms with Crippen molar-refractivity contribution in [2.75, 3.05) is 25.5 Å². The maximum Gasteiger partial charge on any atom is 0.326 e. The lowest BCUT2D eigenvalue weighted by Crippen LogP contribution is -2.46. The summed E-state index contributed by atoms with van der Waals surface area (Å²) in [6.07, 6.45) is 1.76. The molecule has 1 amide bonds. The first kappa shape index (κ1) is 24.2. The third-order valence-electron chi connectivity index (χ3n) is 5.79. The first-order chi connectivity index (χ1) is 16.7. The second kappa shape index (κ2) is 9.77. The maximum atomic E-state index is 13.0. The van der Waals surface area contributed by atoms with Crippen LogP contribution >= 0.6 is 0 Å². The van der Waals surface area contributed by atoms with Crippen LogP contribution in [0.4, 0.5) is 5.69 Å². The molecule has 0 saturated heterocycles. The van der Waals surface area contributed by atoms with Gasteiger partial charge in [-0.3, -0.25) is 4.79 Å². The SMILES string of the molecule is CN(C)c1cccc2c(S(=O)(=O)NCC(=O)N[C@@H](Cc3c[nH]c4ccccc34)C(=O)O)cccc12. The zero-order valence-corrected chi connectivity index (χ0v) is 20.1. The topological polar surface area (TPSA) is 132 Å². The van der Waals surface area contributed by atoms with E-state index >= 15 is 0 Å². The molecular formula is C25H26N4O5S. The van der Waals surface area contributed by atoms with Crippen molar-refractivity contribution in [2.45, 2.75) is 17.4 Å². The van der Waals surface area contributed by atoms with Crippen LogP contribution in [0.25, 0.3) is 21.7 Å². The average Bonchev–Trinajstić information content (AvgIpc) is 3.24. The Labute approximate surface area is 202 Å². The van der Waals surface area contributed by atoms with E-state index in [1.165, 1.54) is 6.07 Å². The molecule has 0 aliphatic carbocycles. The summed E-state index contributed by atoms with van der Waals surface area (Å²) in [5.41, 5.74) is 2.46. The summed E-state index contributed by atoms with van der Waals surface area (Å²) in [5, 5.41) is 14.2. The molecule has 0 unspecified atom stereocenters. The van der Waals surface area contributed by atoms with Gasteiger partial charge >= 0.3 is 5.97 Å². The molecule has 0 aliphatic rings. The molecule has 0 bridgehead atoms. The lowest BCUT2D eigenvalue weighted by Gasteiger charge is -2.17. The van der Waals surface area contributed by atoms with Crippen LogP contribution < -0.4 is 14.9 Å². The Bertz CT molecular complexity index is 1510. The second-order valence-electron chi connectivity index (χ2n) is 8.37. The van der Waals surface area contributed by atoms with Crippen LogP contribution in [0.5, 0.6) is 0 Å². The molecule has 4 aromatic rings. The molecule has 10 heteroatoms. The van der Waals surface area contributed by atoms with Crippen molar-refractivity contribution in [3.63, 3.8) is 0 Å². The first-order valence-corrected chi connectivity index (χ1v) is 12.4. The Morgan fingerprint density at radius 2 is 1.66 bits per heavy atom. The number of carboxylic acid groups (broad SMARTS) is 1. The van der Waals surface area contributed by atoms with Gasteiger partial charge in [-0.05, 0) is 23.8 Å². The second-order valence-corrected chi connectivity index (χ2v) is 10.1. The molecule has 4 rings (SSSR count). The largest absolute Gasteiger partial charge is 0.480 e. The van der Waals surface area contributed by atoms with Gasteiger partial charge in [0.25, 0.3) is 0 Å². The van der Waals surface area contributed by atoms with Crippen LogP contribution in [-0.4, -0.2) is 57.1 Å². The fourth-order valence-electron chi connectivity index (χ4n) is 4.09. The number of amides is 1. The minimum Gasteiger partial charge on any atom is -0.480 e. The zero-order chi connectivity index (χ0) is 25.2. The summed E-state index contributed by atoms with van der Waals surface area (Å²) < 4.78 is 28.4. The molecule has 35 heavy (non-hydrogen) atoms. The van der Waals surface area contributed by atoms with E-state index in [9.17, 15) is 23.1 Å². The van der Waals surface area contributed by atoms with Gasteiger partial charge in [0, 0.05) is 54.1 Å². The van der Waals surface area contributed by atoms with E-state index < -0.39 is 34.5 Å². The number of benzene rings is 3. The van der Waals surface area contributed by atoms with Crippen molar-refractivity contribution >= 4 is 49.3 Å². The fourth-order valence-corrected chi connectivity index (χ4v) is 5.29. The van der Waals surface area contributed by atoms with Crippen LogP contribution in [0, 0.1) is 0 Å². The molecule has 1 aromatic heterocycles. The highest BCUT2D eigenvalue weighted by atomic mass is 32.2. The molecule has 0 aliphatic heterocycles. The number of nitrogens with zero attached hydrogens (tertiary/aromatic N) is 1. The number of hydrogen-bond acceptors (Lipinski definition) is 5. The summed E-state index contributed by atoms with van der Waals surface area (Å²) in [6.45, 7) is -0.593. The van der Waals surface area contributed by atoms with E-state index in [0.29, 0.717) is 5.39 Å². The van der Waals surface area contributed by atoms with E-state index in [-0.39, 0.29) is 11.3 Å². The number of aliphatic carboxylic acids is 1. The van der Waals surface area contributed by atoms with Crippen molar-refractivity contribution in [3.05, 3.63) is 72.4 Å². The monoisotopic (exact) mass is 494 g/mol. The molecule has 4 N–H and O–H groups in total. The molecule has 182 valence electrons. The standard InChI is InChI=1S/C25H26N4O5S/c1-29(2)22-11-5-9-19-18(22)8-6-12-23(19)35(33,34)27-15-24(30)28-21(25(31)32)13-16-14-26-20-10-4-3-7-17(16)20/h3-12,14,21,26-27H,13,15H2,1-2H3,(H,28,30)(H,31,32)/t21-/m0/s1. The number of carbonyl (C=O) groups is 2. The quantitative estimate of drug-likeness (QED) is 0.283. The molecule has 1 atom stereocenters. The summed E-state index contributed by atoms with van der Waals surface area (Å²) in [5.74, 6) is -1.95. The van der Waals surface area contributed by atoms with E-state index in [1.807, 2.05) is 55.4 Å². The summed E-state index contributed by atoms with van der Waals surface area (Å²) in [7, 11) is -0.303. The van der Waals surface area contributed by atoms with Gasteiger partial charge in [0.1, 0.15) is 6.04 Å². The summed E-state index contributed by atoms with van der Waals surface area (Å²) >= 11 is 0. The van der Waals surface area contributed by atoms with E-state index in [0.717, 1.165) is 27.5 Å². The highest BCUT2D eigenvalue weighted by Gasteiger charge is 2.24. The Morgan fingerprint density at radius 3 is 2.40 bits per heavy atom. The molecule has 9 nitrogen and oxygen atoms in total. The molecule has 0 saturated carbocycles. The van der Waals surface area contributed by atoms with Gasteiger partial charge in [-0.25, -0.2) is 17.9 Å². The minimum absolute atomic E-state index is 0.0417. The number of H-pyrrole nitrogens is 1. The van der Waals surface area contributed by atoms with E-state index in [2.05, 4.69) is 15.0 Å². The fraction of sp³-hybridized carbons (Fsp3) is 0.200. The lowest BCUT2D eigenvalue weighted by atomic mass is 10.1. The van der Waals surface area contributed by atoms with Crippen molar-refractivity contribution in [1.82, 2.24) is 15.0 Å². The predicted molar refractivity (Wildman–Crippen MR) is 135 cm³/mol. The van der Waals surface area contributed by atoms with E-state index in [4.69, 9.17) is 0 Å². The van der Waals surface area contributed by atoms with Crippen molar-refractivity contribution in [2.24, 2.45) is 0 Å². The van der Waals surface area contributed by atoms with Crippen LogP contribution in [0.3, 0.4) is 0 Å². The third-order valence-corrected chi connectivity index (χ3v) is 7.24. The van der Waals surface area contributed by atoms with Gasteiger partial charge < -0.3 is 20.3 Å². The average molecular weight is 495 g/mol. The van der Waals surface area contributed by atoms with Crippen LogP contribution in [0.15, 0.2) is 71.8 Å². The van der Waals surface area contributed by atoms with Gasteiger partial charge in [-0.15, -0.1) is 0 Å². The number of sulfonamides is 1. The number of aromatic amines is 1. The van der Waals surface area contributed by atoms with Crippen LogP contribution in [0.2, 0.25) is 0 Å². The Kier molecular flexibility index (Phi) is 6.77. The number of aromatic nitrogens is 1. The Balaban J connectivity index is 1.48. The van der Waals surface area contributed by atoms with Gasteiger partial charge in [-0.1, -0.05) is 42.5 Å². The van der Waals surface area contributed by atoms with Crippen molar-refractivity contribution < 1.29 is 23.1 Å². The Morgan fingerprint density at radius 1 is 0.971 bits per heavy atom. The normalized spacial score (nSPS) is 12.5. The maximum absolute atomic E-state index is 13.0. The molecule has 0 radical (unpaired) electrons. The third kappa shape index (κ3) is 5.13. The highest BCUT2D eigenvalue weighted by molar-refractivity contribution is 7.89. The highest BCUT2D eigenvalue weighted by Crippen LogP contribution is 2.30. The van der Waals surface area contributed by atoms with Gasteiger partial charge in [0.15, 0.2) is 0 Å². The number of rotatable bonds is 9. The molecule has 0 spiro atoms. The molecular weight excluding hydrogens is 468 g/mol. The van der Waals surface area contributed by atoms with Crippen molar-refractivity contribution in [1.29, 1.82) is 0 Å². The molecule has 0 fully saturated rings. The van der Waals surface area contributed by atoms with Crippen molar-refractivity contribution in [3.8, 4) is 0 Å². The molecule has 1 heterocycles. The van der Waals surface area contributed by atoms with Crippen LogP contribution in [0.1, 0.15) is 5.56 Å². The lowest BCUT2D eigenvalue weighted by molar-refractivity contribution is -0.141. The summed E-state index contributed by atoms with van der Waals surface area (Å²) in [4.78, 5) is 29.3. The number of carbonyl (C=O) groups excluding carboxylic acids is 1. The molecule has 3 aromatic carbocycles. The number of hydrogen-bond donors (Lipinski definition) is 4. The van der Waals surface area contributed by atoms with Gasteiger partial charge in [-0.2, -0.15) is 0 Å². The Hall–Kier alpha value is -3.89. The van der Waals surface area contributed by atoms with Gasteiger partial charge in [0.2, 0.25) is 15.9 Å². The number of anilines is 1. The number of carboxylic acids is 1.